The molecule has 0 radical (unpaired) electrons. The normalized spacial score (nSPS) is 14.8. The second-order valence-electron chi connectivity index (χ2n) is 4.14. The number of carbonyl (C=O) groups is 4. The van der Waals surface area contributed by atoms with Crippen LogP contribution in [-0.2, 0) is 9.59 Å². The summed E-state index contributed by atoms with van der Waals surface area (Å²) in [7, 11) is 1.45. The van der Waals surface area contributed by atoms with E-state index >= 15 is 0 Å². The number of hydrogen-bond donors (Lipinski definition) is 3. The Morgan fingerprint density at radius 2 is 2.20 bits per heavy atom. The molecule has 1 aliphatic rings. The highest BCUT2D eigenvalue weighted by Gasteiger charge is 2.34. The predicted molar refractivity (Wildman–Crippen MR) is 63.9 cm³/mol. The maximum atomic E-state index is 11.7. The Labute approximate surface area is 112 Å². The molecule has 10 heteroatoms. The van der Waals surface area contributed by atoms with E-state index in [-0.39, 0.29) is 18.1 Å². The number of urea groups is 1. The van der Waals surface area contributed by atoms with Gasteiger partial charge in [-0.1, -0.05) is 0 Å². The van der Waals surface area contributed by atoms with Crippen LogP contribution in [0.4, 0.5) is 10.6 Å². The first-order valence-electron chi connectivity index (χ1n) is 5.52. The highest BCUT2D eigenvalue weighted by atomic mass is 16.4. The third kappa shape index (κ3) is 2.58. The van der Waals surface area contributed by atoms with Crippen LogP contribution in [0.15, 0.2) is 6.07 Å². The van der Waals surface area contributed by atoms with Gasteiger partial charge in [0, 0.05) is 13.1 Å². The molecule has 0 atom stereocenters. The molecule has 0 spiro atoms. The molecule has 0 bridgehead atoms. The maximum Gasteiger partial charge on any atom is 0.353 e. The number of likely N-dealkylation sites (N-methyl/N-ethyl adjacent to an activating group) is 1. The van der Waals surface area contributed by atoms with Gasteiger partial charge in [-0.05, 0) is 0 Å². The number of aromatic nitrogens is 2. The van der Waals surface area contributed by atoms with Crippen molar-refractivity contribution in [1.29, 1.82) is 0 Å². The standard InChI is InChI=1S/C10H11N5O5/c1-14-4-8(17)15(10(14)20)3-7(16)11-6-2-5(9(18)19)12-13-6/h2H,3-4H2,1H3,(H,18,19)(H2,11,12,13,16). The Kier molecular flexibility index (Phi) is 3.37. The second kappa shape index (κ2) is 4.99. The van der Waals surface area contributed by atoms with Crippen molar-refractivity contribution >= 4 is 29.6 Å². The van der Waals surface area contributed by atoms with Gasteiger partial charge in [0.1, 0.15) is 18.8 Å². The van der Waals surface area contributed by atoms with Crippen LogP contribution in [0.5, 0.6) is 0 Å². The smallest absolute Gasteiger partial charge is 0.353 e. The van der Waals surface area contributed by atoms with Crippen molar-refractivity contribution in [2.45, 2.75) is 0 Å². The summed E-state index contributed by atoms with van der Waals surface area (Å²) in [4.78, 5) is 47.3. The molecule has 2 heterocycles. The lowest BCUT2D eigenvalue weighted by Crippen LogP contribution is -2.38. The van der Waals surface area contributed by atoms with E-state index in [1.165, 1.54) is 11.9 Å². The van der Waals surface area contributed by atoms with E-state index in [9.17, 15) is 19.2 Å². The van der Waals surface area contributed by atoms with E-state index < -0.39 is 30.4 Å². The zero-order valence-electron chi connectivity index (χ0n) is 10.4. The van der Waals surface area contributed by atoms with Crippen LogP contribution in [-0.4, -0.2) is 69.1 Å². The lowest BCUT2D eigenvalue weighted by Gasteiger charge is -2.12. The Morgan fingerprint density at radius 1 is 1.50 bits per heavy atom. The Hall–Kier alpha value is -2.91. The highest BCUT2D eigenvalue weighted by Crippen LogP contribution is 2.09. The van der Waals surface area contributed by atoms with E-state index in [0.717, 1.165) is 11.0 Å². The zero-order valence-corrected chi connectivity index (χ0v) is 10.4. The minimum Gasteiger partial charge on any atom is -0.477 e. The molecule has 1 aromatic heterocycles. The highest BCUT2D eigenvalue weighted by molar-refractivity contribution is 6.06. The number of rotatable bonds is 4. The zero-order chi connectivity index (χ0) is 14.9. The number of aromatic amines is 1. The number of anilines is 1. The van der Waals surface area contributed by atoms with Gasteiger partial charge in [-0.3, -0.25) is 19.6 Å². The van der Waals surface area contributed by atoms with E-state index in [2.05, 4.69) is 15.5 Å². The van der Waals surface area contributed by atoms with Crippen molar-refractivity contribution in [1.82, 2.24) is 20.0 Å². The van der Waals surface area contributed by atoms with Crippen LogP contribution >= 0.6 is 0 Å². The summed E-state index contributed by atoms with van der Waals surface area (Å²) in [5, 5.41) is 16.7. The molecule has 1 fully saturated rings. The van der Waals surface area contributed by atoms with Crippen molar-refractivity contribution in [3.05, 3.63) is 11.8 Å². The van der Waals surface area contributed by atoms with Crippen LogP contribution in [0.2, 0.25) is 0 Å². The number of amides is 4. The maximum absolute atomic E-state index is 11.7. The molecule has 0 unspecified atom stereocenters. The minimum absolute atomic E-state index is 0.000139. The Morgan fingerprint density at radius 3 is 2.70 bits per heavy atom. The molecule has 10 nitrogen and oxygen atoms in total. The van der Waals surface area contributed by atoms with Crippen molar-refractivity contribution in [2.24, 2.45) is 0 Å². The number of imide groups is 1. The van der Waals surface area contributed by atoms with Gasteiger partial charge < -0.3 is 15.3 Å². The van der Waals surface area contributed by atoms with Crippen LogP contribution in [0.3, 0.4) is 0 Å². The van der Waals surface area contributed by atoms with Gasteiger partial charge >= 0.3 is 12.0 Å². The third-order valence-electron chi connectivity index (χ3n) is 2.61. The van der Waals surface area contributed by atoms with Gasteiger partial charge in [0.15, 0.2) is 5.82 Å². The van der Waals surface area contributed by atoms with Gasteiger partial charge in [-0.25, -0.2) is 9.59 Å². The van der Waals surface area contributed by atoms with Crippen molar-refractivity contribution in [2.75, 3.05) is 25.5 Å². The summed E-state index contributed by atoms with van der Waals surface area (Å²) in [6.07, 6.45) is 0. The molecule has 0 aliphatic carbocycles. The van der Waals surface area contributed by atoms with Crippen molar-refractivity contribution in [3.8, 4) is 0 Å². The summed E-state index contributed by atoms with van der Waals surface area (Å²) >= 11 is 0. The monoisotopic (exact) mass is 281 g/mol. The number of carboxylic acid groups (broad SMARTS) is 1. The molecule has 1 aromatic rings. The number of H-pyrrole nitrogens is 1. The fraction of sp³-hybridized carbons (Fsp3) is 0.300. The number of carboxylic acids is 1. The Balaban J connectivity index is 1.97. The molecule has 106 valence electrons. The molecule has 4 amide bonds. The molecular formula is C10H11N5O5. The minimum atomic E-state index is -1.22. The first kappa shape index (κ1) is 13.5. The molecule has 20 heavy (non-hydrogen) atoms. The van der Waals surface area contributed by atoms with Crippen LogP contribution in [0, 0.1) is 0 Å². The average Bonchev–Trinajstić information content (AvgIpc) is 2.91. The summed E-state index contributed by atoms with van der Waals surface area (Å²) in [5.41, 5.74) is -0.187. The molecule has 3 N–H and O–H groups in total. The molecule has 0 saturated carbocycles. The lowest BCUT2D eigenvalue weighted by atomic mass is 10.4. The van der Waals surface area contributed by atoms with Crippen LogP contribution < -0.4 is 5.32 Å². The fourth-order valence-corrected chi connectivity index (χ4v) is 1.65. The fourth-order valence-electron chi connectivity index (χ4n) is 1.65. The van der Waals surface area contributed by atoms with Crippen LogP contribution in [0.1, 0.15) is 10.5 Å². The summed E-state index contributed by atoms with van der Waals surface area (Å²) in [5.74, 6) is -2.34. The molecular weight excluding hydrogens is 270 g/mol. The number of aromatic carboxylic acids is 1. The Bertz CT molecular complexity index is 595. The first-order valence-corrected chi connectivity index (χ1v) is 5.52. The average molecular weight is 281 g/mol. The van der Waals surface area contributed by atoms with Crippen molar-refractivity contribution < 1.29 is 24.3 Å². The SMILES string of the molecule is CN1CC(=O)N(CC(=O)Nc2cc(C(=O)O)[nH]n2)C1=O. The number of carbonyl (C=O) groups excluding carboxylic acids is 3. The van der Waals surface area contributed by atoms with Gasteiger partial charge in [0.05, 0.1) is 0 Å². The number of hydrogen-bond acceptors (Lipinski definition) is 5. The topological polar surface area (TPSA) is 136 Å². The number of nitrogens with one attached hydrogen (secondary N) is 2. The third-order valence-corrected chi connectivity index (χ3v) is 2.61. The van der Waals surface area contributed by atoms with Gasteiger partial charge in [-0.2, -0.15) is 5.10 Å². The predicted octanol–water partition coefficient (Wildman–Crippen LogP) is -1.06. The van der Waals surface area contributed by atoms with Gasteiger partial charge in [0.2, 0.25) is 5.91 Å². The lowest BCUT2D eigenvalue weighted by molar-refractivity contribution is -0.129. The second-order valence-corrected chi connectivity index (χ2v) is 4.14. The quantitative estimate of drug-likeness (QED) is 0.602. The number of nitrogens with zero attached hydrogens (tertiary/aromatic N) is 3. The van der Waals surface area contributed by atoms with E-state index in [1.54, 1.807) is 0 Å². The summed E-state index contributed by atoms with van der Waals surface area (Å²) < 4.78 is 0. The summed E-state index contributed by atoms with van der Waals surface area (Å²) in [6, 6.07) is 0.568. The van der Waals surface area contributed by atoms with Gasteiger partial charge in [-0.15, -0.1) is 0 Å². The van der Waals surface area contributed by atoms with E-state index in [0.29, 0.717) is 0 Å². The van der Waals surface area contributed by atoms with E-state index in [4.69, 9.17) is 5.11 Å². The summed E-state index contributed by atoms with van der Waals surface area (Å²) in [6.45, 7) is -0.519. The largest absolute Gasteiger partial charge is 0.477 e. The first-order chi connectivity index (χ1) is 9.38. The molecule has 1 aliphatic heterocycles. The molecule has 2 rings (SSSR count). The van der Waals surface area contributed by atoms with E-state index in [1.807, 2.05) is 0 Å². The molecule has 0 aromatic carbocycles. The van der Waals surface area contributed by atoms with Crippen molar-refractivity contribution in [3.63, 3.8) is 0 Å². The molecule has 1 saturated heterocycles. The van der Waals surface area contributed by atoms with Crippen LogP contribution in [0.25, 0.3) is 0 Å². The van der Waals surface area contributed by atoms with Gasteiger partial charge in [0.25, 0.3) is 5.91 Å².